The van der Waals surface area contributed by atoms with Crippen LogP contribution in [-0.2, 0) is 20.8 Å². The molecule has 5 atom stereocenters. The van der Waals surface area contributed by atoms with Crippen molar-refractivity contribution in [3.8, 4) is 11.5 Å². The predicted molar refractivity (Wildman–Crippen MR) is 171 cm³/mol. The fraction of sp³-hybridized carbons (Fsp3) is 0.543. The first-order chi connectivity index (χ1) is 22.7. The Hall–Kier alpha value is -3.36. The Balaban J connectivity index is 1.35. The summed E-state index contributed by atoms with van der Waals surface area (Å²) < 4.78 is 15.9. The quantitative estimate of drug-likeness (QED) is 0.0408. The van der Waals surface area contributed by atoms with Gasteiger partial charge in [0.15, 0.2) is 11.5 Å². The van der Waals surface area contributed by atoms with E-state index in [4.69, 9.17) is 24.6 Å². The van der Waals surface area contributed by atoms with Crippen LogP contribution in [0.15, 0.2) is 60.7 Å². The summed E-state index contributed by atoms with van der Waals surface area (Å²) in [6.45, 7) is 0.156. The Bertz CT molecular complexity index is 1240. The highest BCUT2D eigenvalue weighted by Gasteiger charge is 2.40. The van der Waals surface area contributed by atoms with E-state index in [2.05, 4.69) is 4.84 Å². The summed E-state index contributed by atoms with van der Waals surface area (Å²) in [6.07, 6.45) is 8.21. The van der Waals surface area contributed by atoms with Crippen LogP contribution in [0.5, 0.6) is 11.5 Å². The molecule has 47 heavy (non-hydrogen) atoms. The van der Waals surface area contributed by atoms with Crippen LogP contribution in [0.2, 0.25) is 0 Å². The van der Waals surface area contributed by atoms with Crippen LogP contribution < -0.4 is 9.47 Å². The summed E-state index contributed by atoms with van der Waals surface area (Å²) in [7, 11) is 1.40. The standard InChI is InChI=1S/C35H49NO11/c1-44-33-23-26(35(41)45-21-9-10-22-46-36(42)43)16-20-32(33)47-34(40)14-8-3-2-7-13-28-29(31(39)24-30(28)38)19-18-27(37)17-15-25-11-5-4-6-12-25/h2,4-7,11-12,16,20,23,27-31,37-39,42-43H,3,8-10,13-15,17-19,21-22,24H2,1H3/b7-2-/t27-,28+,29+,30-,31+/m0/s1. The smallest absolute Gasteiger partial charge is 0.338 e. The number of allylic oxidation sites excluding steroid dienone is 2. The largest absolute Gasteiger partial charge is 0.493 e. The Morgan fingerprint density at radius 3 is 2.43 bits per heavy atom. The maximum Gasteiger partial charge on any atom is 0.338 e. The molecule has 1 saturated carbocycles. The molecular weight excluding hydrogens is 610 g/mol. The van der Waals surface area contributed by atoms with Gasteiger partial charge in [0.2, 0.25) is 0 Å². The molecule has 0 aliphatic heterocycles. The molecule has 0 saturated heterocycles. The molecule has 0 heterocycles. The number of ether oxygens (including phenoxy) is 3. The third-order valence-corrected chi connectivity index (χ3v) is 8.39. The van der Waals surface area contributed by atoms with Gasteiger partial charge in [0.25, 0.3) is 0 Å². The van der Waals surface area contributed by atoms with E-state index in [-0.39, 0.29) is 53.9 Å². The zero-order chi connectivity index (χ0) is 34.0. The fourth-order valence-electron chi connectivity index (χ4n) is 5.80. The predicted octanol–water partition coefficient (Wildman–Crippen LogP) is 4.80. The Morgan fingerprint density at radius 2 is 1.68 bits per heavy atom. The molecule has 260 valence electrons. The van der Waals surface area contributed by atoms with Crippen LogP contribution in [-0.4, -0.2) is 81.7 Å². The number of aryl methyl sites for hydroxylation is 1. The lowest BCUT2D eigenvalue weighted by atomic mass is 9.85. The topological polar surface area (TPSA) is 175 Å². The Morgan fingerprint density at radius 1 is 0.936 bits per heavy atom. The highest BCUT2D eigenvalue weighted by Crippen LogP contribution is 2.38. The van der Waals surface area contributed by atoms with Crippen molar-refractivity contribution in [3.63, 3.8) is 0 Å². The minimum absolute atomic E-state index is 0.0493. The Labute approximate surface area is 276 Å². The molecular formula is C35H49NO11. The third-order valence-electron chi connectivity index (χ3n) is 8.39. The van der Waals surface area contributed by atoms with Crippen LogP contribution >= 0.6 is 0 Å². The normalized spacial score (nSPS) is 20.1. The zero-order valence-corrected chi connectivity index (χ0v) is 27.0. The van der Waals surface area contributed by atoms with Crippen molar-refractivity contribution in [2.75, 3.05) is 20.3 Å². The van der Waals surface area contributed by atoms with Gasteiger partial charge >= 0.3 is 11.9 Å². The van der Waals surface area contributed by atoms with E-state index in [1.807, 2.05) is 42.5 Å². The molecule has 0 bridgehead atoms. The number of nitrogens with zero attached hydrogens (tertiary/aromatic N) is 1. The van der Waals surface area contributed by atoms with E-state index in [9.17, 15) is 24.9 Å². The summed E-state index contributed by atoms with van der Waals surface area (Å²) in [4.78, 5) is 29.2. The van der Waals surface area contributed by atoms with Gasteiger partial charge < -0.3 is 29.5 Å². The molecule has 0 unspecified atom stereocenters. The number of hydrogen-bond donors (Lipinski definition) is 5. The average Bonchev–Trinajstić information content (AvgIpc) is 3.33. The van der Waals surface area contributed by atoms with Crippen LogP contribution in [0, 0.1) is 11.8 Å². The molecule has 2 aromatic carbocycles. The number of aliphatic hydroxyl groups excluding tert-OH is 3. The second-order valence-corrected chi connectivity index (χ2v) is 11.8. The second-order valence-electron chi connectivity index (χ2n) is 11.8. The van der Waals surface area contributed by atoms with Gasteiger partial charge in [-0.25, -0.2) is 4.79 Å². The molecule has 1 fully saturated rings. The van der Waals surface area contributed by atoms with E-state index in [1.54, 1.807) is 0 Å². The summed E-state index contributed by atoms with van der Waals surface area (Å²) in [6, 6.07) is 14.4. The average molecular weight is 660 g/mol. The minimum atomic E-state index is -0.592. The molecule has 3 rings (SSSR count). The molecule has 5 N–H and O–H groups in total. The van der Waals surface area contributed by atoms with Gasteiger partial charge in [-0.1, -0.05) is 42.5 Å². The van der Waals surface area contributed by atoms with Gasteiger partial charge in [-0.2, -0.15) is 0 Å². The van der Waals surface area contributed by atoms with Crippen LogP contribution in [0.3, 0.4) is 0 Å². The summed E-state index contributed by atoms with van der Waals surface area (Å²) >= 11 is 0. The summed E-state index contributed by atoms with van der Waals surface area (Å²) in [5.74, 6) is -0.792. The first-order valence-corrected chi connectivity index (χ1v) is 16.3. The van der Waals surface area contributed by atoms with Crippen molar-refractivity contribution in [3.05, 3.63) is 71.8 Å². The number of benzene rings is 2. The molecule has 0 radical (unpaired) electrons. The van der Waals surface area contributed by atoms with Crippen LogP contribution in [0.25, 0.3) is 0 Å². The second kappa shape index (κ2) is 20.8. The lowest BCUT2D eigenvalue weighted by Crippen LogP contribution is -2.23. The number of hydrogen-bond acceptors (Lipinski definition) is 12. The van der Waals surface area contributed by atoms with Gasteiger partial charge in [-0.3, -0.25) is 20.0 Å². The molecule has 0 spiro atoms. The fourth-order valence-corrected chi connectivity index (χ4v) is 5.80. The molecule has 0 amide bonds. The summed E-state index contributed by atoms with van der Waals surface area (Å²) in [5, 5.41) is 48.2. The van der Waals surface area contributed by atoms with Gasteiger partial charge in [0.1, 0.15) is 0 Å². The number of carbonyl (C=O) groups is 2. The third kappa shape index (κ3) is 13.7. The highest BCUT2D eigenvalue weighted by molar-refractivity contribution is 5.90. The first-order valence-electron chi connectivity index (χ1n) is 16.3. The first kappa shape index (κ1) is 38.1. The van der Waals surface area contributed by atoms with Crippen molar-refractivity contribution >= 4 is 11.9 Å². The van der Waals surface area contributed by atoms with Gasteiger partial charge in [0.05, 0.1) is 49.6 Å². The molecule has 2 aromatic rings. The highest BCUT2D eigenvalue weighted by atomic mass is 17.1. The van der Waals surface area contributed by atoms with E-state index in [1.165, 1.54) is 30.9 Å². The molecule has 1 aliphatic carbocycles. The van der Waals surface area contributed by atoms with Crippen LogP contribution in [0.4, 0.5) is 0 Å². The van der Waals surface area contributed by atoms with Crippen molar-refractivity contribution in [1.82, 2.24) is 5.39 Å². The lowest BCUT2D eigenvalue weighted by molar-refractivity contribution is -0.492. The van der Waals surface area contributed by atoms with Crippen LogP contribution in [0.1, 0.15) is 80.1 Å². The van der Waals surface area contributed by atoms with E-state index >= 15 is 0 Å². The molecule has 1 aliphatic rings. The zero-order valence-electron chi connectivity index (χ0n) is 27.0. The van der Waals surface area contributed by atoms with Gasteiger partial charge in [0, 0.05) is 6.42 Å². The number of unbranched alkanes of at least 4 members (excludes halogenated alkanes) is 2. The minimum Gasteiger partial charge on any atom is -0.493 e. The Kier molecular flexibility index (Phi) is 16.8. The van der Waals surface area contributed by atoms with Crippen molar-refractivity contribution in [1.29, 1.82) is 0 Å². The van der Waals surface area contributed by atoms with Gasteiger partial charge in [-0.05, 0) is 99.8 Å². The number of rotatable bonds is 21. The van der Waals surface area contributed by atoms with Crippen molar-refractivity contribution < 1.29 is 54.4 Å². The van der Waals surface area contributed by atoms with Crippen molar-refractivity contribution in [2.45, 2.75) is 88.9 Å². The van der Waals surface area contributed by atoms with E-state index < -0.39 is 30.3 Å². The number of methoxy groups -OCH3 is 1. The summed E-state index contributed by atoms with van der Waals surface area (Å²) in [5.41, 5.74) is 1.41. The molecule has 12 nitrogen and oxygen atoms in total. The molecule has 12 heteroatoms. The van der Waals surface area contributed by atoms with Gasteiger partial charge in [-0.15, -0.1) is 0 Å². The number of esters is 2. The maximum absolute atomic E-state index is 12.5. The maximum atomic E-state index is 12.5. The molecule has 0 aromatic heterocycles. The van der Waals surface area contributed by atoms with E-state index in [0.29, 0.717) is 57.8 Å². The SMILES string of the molecule is COc1cc(C(=O)OCCCCON(O)O)ccc1OC(=O)CCC/C=C\C[C@@H]1[C@@H](CC[C@@H](O)CCc2ccccc2)[C@H](O)C[C@@H]1O. The van der Waals surface area contributed by atoms with Crippen molar-refractivity contribution in [2.24, 2.45) is 11.8 Å². The monoisotopic (exact) mass is 659 g/mol. The number of aliphatic hydroxyl groups is 3. The lowest BCUT2D eigenvalue weighted by Gasteiger charge is -2.23. The van der Waals surface area contributed by atoms with E-state index in [0.717, 1.165) is 6.42 Å². The number of carbonyl (C=O) groups excluding carboxylic acids is 2.